The van der Waals surface area contributed by atoms with Crippen molar-refractivity contribution in [1.29, 1.82) is 0 Å². The summed E-state index contributed by atoms with van der Waals surface area (Å²) < 4.78 is 0. The molecule has 1 heterocycles. The molecule has 0 atom stereocenters. The van der Waals surface area contributed by atoms with Gasteiger partial charge >= 0.3 is 0 Å². The van der Waals surface area contributed by atoms with Crippen molar-refractivity contribution in [3.05, 3.63) is 182 Å². The van der Waals surface area contributed by atoms with Gasteiger partial charge in [-0.1, -0.05) is 146 Å². The molecule has 7 aromatic carbocycles. The molecule has 8 rings (SSSR count). The maximum atomic E-state index is 5.01. The fraction of sp³-hybridized carbons (Fsp3) is 0. The van der Waals surface area contributed by atoms with Crippen LogP contribution in [0.3, 0.4) is 0 Å². The quantitative estimate of drug-likeness (QED) is 0.182. The van der Waals surface area contributed by atoms with Crippen molar-refractivity contribution < 1.29 is 0 Å². The Hall–Kier alpha value is -6.39. The lowest BCUT2D eigenvalue weighted by Gasteiger charge is -2.25. The highest BCUT2D eigenvalue weighted by atomic mass is 15.1. The summed E-state index contributed by atoms with van der Waals surface area (Å²) in [5, 5.41) is 2.23. The monoisotopic (exact) mass is 602 g/mol. The van der Waals surface area contributed by atoms with E-state index in [1.807, 2.05) is 72.8 Å². The molecule has 0 fully saturated rings. The zero-order valence-corrected chi connectivity index (χ0v) is 25.6. The Morgan fingerprint density at radius 1 is 0.277 bits per heavy atom. The summed E-state index contributed by atoms with van der Waals surface area (Å²) in [6, 6.07) is 62.8. The molecule has 0 N–H and O–H groups in total. The van der Waals surface area contributed by atoms with Crippen LogP contribution in [0.15, 0.2) is 182 Å². The highest BCUT2D eigenvalue weighted by Crippen LogP contribution is 2.38. The smallest absolute Gasteiger partial charge is 0.164 e. The first-order chi connectivity index (χ1) is 23.3. The Kier molecular flexibility index (Phi) is 7.50. The molecule has 1 aromatic heterocycles. The van der Waals surface area contributed by atoms with E-state index < -0.39 is 0 Å². The predicted molar refractivity (Wildman–Crippen MR) is 194 cm³/mol. The van der Waals surface area contributed by atoms with E-state index in [9.17, 15) is 0 Å². The van der Waals surface area contributed by atoms with Crippen LogP contribution >= 0.6 is 0 Å². The number of rotatable bonds is 7. The second kappa shape index (κ2) is 12.5. The normalized spacial score (nSPS) is 11.0. The topological polar surface area (TPSA) is 41.9 Å². The minimum absolute atomic E-state index is 0.650. The molecule has 4 nitrogen and oxygen atoms in total. The van der Waals surface area contributed by atoms with Crippen molar-refractivity contribution >= 4 is 27.8 Å². The SMILES string of the molecule is c1ccc(-c2nc(-c3ccccc3)nc(-c3cccc4c(-c5ccc(N(c6ccccc6)c6ccccc6)cc5)cccc34)n2)cc1. The van der Waals surface area contributed by atoms with Crippen molar-refractivity contribution in [2.24, 2.45) is 0 Å². The molecule has 0 amide bonds. The van der Waals surface area contributed by atoms with Gasteiger partial charge in [0.25, 0.3) is 0 Å². The van der Waals surface area contributed by atoms with E-state index in [4.69, 9.17) is 15.0 Å². The highest BCUT2D eigenvalue weighted by Gasteiger charge is 2.16. The first-order valence-electron chi connectivity index (χ1n) is 15.7. The minimum atomic E-state index is 0.650. The van der Waals surface area contributed by atoms with Gasteiger partial charge in [-0.15, -0.1) is 0 Å². The van der Waals surface area contributed by atoms with E-state index in [1.54, 1.807) is 0 Å². The number of nitrogens with zero attached hydrogens (tertiary/aromatic N) is 4. The third kappa shape index (κ3) is 5.65. The molecule has 0 saturated carbocycles. The Labute approximate surface area is 274 Å². The van der Waals surface area contributed by atoms with Crippen LogP contribution in [0.5, 0.6) is 0 Å². The van der Waals surface area contributed by atoms with Gasteiger partial charge in [0, 0.05) is 33.8 Å². The molecule has 0 aliphatic carbocycles. The van der Waals surface area contributed by atoms with Crippen LogP contribution in [-0.2, 0) is 0 Å². The third-order valence-corrected chi connectivity index (χ3v) is 8.33. The summed E-state index contributed by atoms with van der Waals surface area (Å²) in [5.41, 5.74) is 8.50. The van der Waals surface area contributed by atoms with E-state index in [2.05, 4.69) is 114 Å². The fourth-order valence-corrected chi connectivity index (χ4v) is 6.08. The molecular formula is C43H30N4. The first-order valence-corrected chi connectivity index (χ1v) is 15.7. The van der Waals surface area contributed by atoms with Gasteiger partial charge in [-0.05, 0) is 58.3 Å². The van der Waals surface area contributed by atoms with E-state index in [0.717, 1.165) is 55.7 Å². The molecule has 4 heteroatoms. The maximum absolute atomic E-state index is 5.01. The number of benzene rings is 7. The predicted octanol–water partition coefficient (Wildman–Crippen LogP) is 11.2. The summed E-state index contributed by atoms with van der Waals surface area (Å²) in [7, 11) is 0. The van der Waals surface area contributed by atoms with Gasteiger partial charge in [0.05, 0.1) is 0 Å². The van der Waals surface area contributed by atoms with Gasteiger partial charge in [0.1, 0.15) is 0 Å². The number of para-hydroxylation sites is 2. The average molecular weight is 603 g/mol. The van der Waals surface area contributed by atoms with Crippen molar-refractivity contribution in [3.8, 4) is 45.3 Å². The van der Waals surface area contributed by atoms with Crippen LogP contribution in [-0.4, -0.2) is 15.0 Å². The van der Waals surface area contributed by atoms with Gasteiger partial charge in [0.15, 0.2) is 17.5 Å². The Morgan fingerprint density at radius 2 is 0.681 bits per heavy atom. The number of anilines is 3. The van der Waals surface area contributed by atoms with Crippen LogP contribution in [0, 0.1) is 0 Å². The molecule has 222 valence electrons. The average Bonchev–Trinajstić information content (AvgIpc) is 3.16. The van der Waals surface area contributed by atoms with Crippen LogP contribution in [0.1, 0.15) is 0 Å². The van der Waals surface area contributed by atoms with Crippen LogP contribution in [0.4, 0.5) is 17.1 Å². The van der Waals surface area contributed by atoms with E-state index in [1.165, 1.54) is 0 Å². The zero-order valence-electron chi connectivity index (χ0n) is 25.6. The standard InChI is InChI=1S/C43H30N4/c1-5-15-32(16-6-1)41-44-42(33-17-7-2-8-18-33)46-43(45-41)40-26-14-24-38-37(23-13-25-39(38)40)31-27-29-36(30-28-31)47(34-19-9-3-10-20-34)35-21-11-4-12-22-35/h1-30H. The van der Waals surface area contributed by atoms with Crippen LogP contribution in [0.2, 0.25) is 0 Å². The van der Waals surface area contributed by atoms with Gasteiger partial charge in [-0.3, -0.25) is 0 Å². The van der Waals surface area contributed by atoms with Gasteiger partial charge in [0.2, 0.25) is 0 Å². The van der Waals surface area contributed by atoms with Crippen LogP contribution < -0.4 is 4.90 Å². The van der Waals surface area contributed by atoms with Gasteiger partial charge in [-0.25, -0.2) is 15.0 Å². The number of aromatic nitrogens is 3. The van der Waals surface area contributed by atoms with E-state index in [0.29, 0.717) is 17.5 Å². The highest BCUT2D eigenvalue weighted by molar-refractivity contribution is 6.04. The molecule has 0 unspecified atom stereocenters. The van der Waals surface area contributed by atoms with Gasteiger partial charge < -0.3 is 4.90 Å². The van der Waals surface area contributed by atoms with Crippen molar-refractivity contribution in [2.45, 2.75) is 0 Å². The van der Waals surface area contributed by atoms with Crippen LogP contribution in [0.25, 0.3) is 56.1 Å². The Morgan fingerprint density at radius 3 is 1.19 bits per heavy atom. The molecule has 47 heavy (non-hydrogen) atoms. The van der Waals surface area contributed by atoms with E-state index >= 15 is 0 Å². The molecular weight excluding hydrogens is 573 g/mol. The minimum Gasteiger partial charge on any atom is -0.311 e. The Balaban J connectivity index is 1.23. The molecule has 8 aromatic rings. The lowest BCUT2D eigenvalue weighted by atomic mass is 9.95. The van der Waals surface area contributed by atoms with E-state index in [-0.39, 0.29) is 0 Å². The third-order valence-electron chi connectivity index (χ3n) is 8.33. The second-order valence-electron chi connectivity index (χ2n) is 11.3. The van der Waals surface area contributed by atoms with Crippen molar-refractivity contribution in [1.82, 2.24) is 15.0 Å². The lowest BCUT2D eigenvalue weighted by Crippen LogP contribution is -2.09. The molecule has 0 aliphatic rings. The Bertz CT molecular complexity index is 2170. The second-order valence-corrected chi connectivity index (χ2v) is 11.3. The van der Waals surface area contributed by atoms with Crippen molar-refractivity contribution in [3.63, 3.8) is 0 Å². The molecule has 0 aliphatic heterocycles. The first kappa shape index (κ1) is 28.1. The molecule has 0 radical (unpaired) electrons. The summed E-state index contributed by atoms with van der Waals surface area (Å²) in [6.07, 6.45) is 0. The fourth-order valence-electron chi connectivity index (χ4n) is 6.08. The lowest BCUT2D eigenvalue weighted by molar-refractivity contribution is 1.08. The number of hydrogen-bond acceptors (Lipinski definition) is 4. The largest absolute Gasteiger partial charge is 0.311 e. The zero-order chi connectivity index (χ0) is 31.4. The van der Waals surface area contributed by atoms with Gasteiger partial charge in [-0.2, -0.15) is 0 Å². The number of hydrogen-bond donors (Lipinski definition) is 0. The summed E-state index contributed by atoms with van der Waals surface area (Å²) >= 11 is 0. The summed E-state index contributed by atoms with van der Waals surface area (Å²) in [4.78, 5) is 17.2. The molecule has 0 bridgehead atoms. The summed E-state index contributed by atoms with van der Waals surface area (Å²) in [5.74, 6) is 1.95. The molecule has 0 spiro atoms. The summed E-state index contributed by atoms with van der Waals surface area (Å²) in [6.45, 7) is 0. The number of fused-ring (bicyclic) bond motifs is 1. The maximum Gasteiger partial charge on any atom is 0.164 e. The van der Waals surface area contributed by atoms with Crippen molar-refractivity contribution in [2.75, 3.05) is 4.90 Å². The molecule has 0 saturated heterocycles.